The molecule has 0 unspecified atom stereocenters. The Balaban J connectivity index is 1.77. The van der Waals surface area contributed by atoms with Gasteiger partial charge in [0.25, 0.3) is 0 Å². The van der Waals surface area contributed by atoms with Gasteiger partial charge in [0, 0.05) is 41.2 Å². The second kappa shape index (κ2) is 7.69. The lowest BCUT2D eigenvalue weighted by Crippen LogP contribution is -2.21. The van der Waals surface area contributed by atoms with E-state index in [2.05, 4.69) is 23.7 Å². The third-order valence-electron chi connectivity index (χ3n) is 5.41. The Morgan fingerprint density at radius 2 is 1.71 bits per heavy atom. The van der Waals surface area contributed by atoms with Crippen molar-refractivity contribution in [1.82, 2.24) is 4.98 Å². The number of hydrogen-bond donors (Lipinski definition) is 0. The molecular formula is C25H26N2O4. The van der Waals surface area contributed by atoms with Gasteiger partial charge in [0.2, 0.25) is 5.89 Å². The number of oxazole rings is 1. The minimum Gasteiger partial charge on any atom is -0.436 e. The van der Waals surface area contributed by atoms with Crippen LogP contribution in [0, 0.1) is 5.41 Å². The van der Waals surface area contributed by atoms with Gasteiger partial charge in [0.1, 0.15) is 16.7 Å². The van der Waals surface area contributed by atoms with Crippen molar-refractivity contribution in [2.75, 3.05) is 18.0 Å². The maximum absolute atomic E-state index is 12.7. The molecule has 6 heteroatoms. The quantitative estimate of drug-likeness (QED) is 0.307. The smallest absolute Gasteiger partial charge is 0.349 e. The highest BCUT2D eigenvalue weighted by Crippen LogP contribution is 2.29. The normalized spacial score (nSPS) is 11.9. The molecule has 6 nitrogen and oxygen atoms in total. The maximum Gasteiger partial charge on any atom is 0.349 e. The van der Waals surface area contributed by atoms with Crippen LogP contribution < -0.4 is 10.5 Å². The molecule has 0 saturated carbocycles. The number of carbonyl (C=O) groups is 1. The van der Waals surface area contributed by atoms with Gasteiger partial charge in [-0.05, 0) is 50.2 Å². The molecule has 2 heterocycles. The SMILES string of the molecule is CCN(CC)c1ccc2cc(-c3nc4cc(C(=O)C(C)(C)C)ccc4o3)c(=O)oc2c1. The summed E-state index contributed by atoms with van der Waals surface area (Å²) in [5.74, 6) is 0.201. The molecule has 160 valence electrons. The summed E-state index contributed by atoms with van der Waals surface area (Å²) in [7, 11) is 0. The number of fused-ring (bicyclic) bond motifs is 2. The number of carbonyl (C=O) groups excluding carboxylic acids is 1. The van der Waals surface area contributed by atoms with E-state index >= 15 is 0 Å². The van der Waals surface area contributed by atoms with Crippen molar-refractivity contribution in [2.45, 2.75) is 34.6 Å². The van der Waals surface area contributed by atoms with Gasteiger partial charge in [-0.15, -0.1) is 0 Å². The standard InChI is InChI=1S/C25H26N2O4/c1-6-27(7-2)17-10-8-15-12-18(24(29)31-21(15)14-17)23-26-19-13-16(9-11-20(19)30-23)22(28)25(3,4)5/h8-14H,6-7H2,1-5H3. The van der Waals surface area contributed by atoms with E-state index in [1.165, 1.54) is 0 Å². The van der Waals surface area contributed by atoms with Gasteiger partial charge in [-0.3, -0.25) is 4.79 Å². The fourth-order valence-electron chi connectivity index (χ4n) is 3.65. The molecule has 0 aliphatic rings. The van der Waals surface area contributed by atoms with Crippen molar-refractivity contribution in [1.29, 1.82) is 0 Å². The molecule has 0 saturated heterocycles. The number of nitrogens with zero attached hydrogens (tertiary/aromatic N) is 2. The van der Waals surface area contributed by atoms with E-state index in [0.29, 0.717) is 22.2 Å². The van der Waals surface area contributed by atoms with Gasteiger partial charge in [-0.25, -0.2) is 9.78 Å². The molecule has 31 heavy (non-hydrogen) atoms. The van der Waals surface area contributed by atoms with Crippen LogP contribution in [0.3, 0.4) is 0 Å². The number of benzene rings is 2. The molecular weight excluding hydrogens is 392 g/mol. The van der Waals surface area contributed by atoms with Crippen molar-refractivity contribution in [3.63, 3.8) is 0 Å². The molecule has 2 aromatic carbocycles. The highest BCUT2D eigenvalue weighted by molar-refractivity contribution is 6.02. The molecule has 0 N–H and O–H groups in total. The summed E-state index contributed by atoms with van der Waals surface area (Å²) in [6, 6.07) is 12.7. The van der Waals surface area contributed by atoms with Crippen molar-refractivity contribution >= 4 is 33.5 Å². The molecule has 4 rings (SSSR count). The number of rotatable bonds is 5. The Bertz CT molecular complexity index is 1340. The van der Waals surface area contributed by atoms with E-state index in [1.54, 1.807) is 24.3 Å². The summed E-state index contributed by atoms with van der Waals surface area (Å²) in [4.78, 5) is 31.9. The molecule has 0 atom stereocenters. The third kappa shape index (κ3) is 3.85. The van der Waals surface area contributed by atoms with Crippen LogP contribution in [0.2, 0.25) is 0 Å². The lowest BCUT2D eigenvalue weighted by atomic mass is 9.86. The fraction of sp³-hybridized carbons (Fsp3) is 0.320. The predicted octanol–water partition coefficient (Wildman–Crippen LogP) is 5.68. The fourth-order valence-corrected chi connectivity index (χ4v) is 3.65. The first-order valence-corrected chi connectivity index (χ1v) is 10.5. The predicted molar refractivity (Wildman–Crippen MR) is 123 cm³/mol. The molecule has 0 fully saturated rings. The van der Waals surface area contributed by atoms with Crippen LogP contribution in [0.25, 0.3) is 33.5 Å². The maximum atomic E-state index is 12.7. The summed E-state index contributed by atoms with van der Waals surface area (Å²) in [6.07, 6.45) is 0. The van der Waals surface area contributed by atoms with E-state index in [1.807, 2.05) is 39.0 Å². The van der Waals surface area contributed by atoms with Crippen LogP contribution in [0.4, 0.5) is 5.69 Å². The minimum absolute atomic E-state index is 0.0215. The number of anilines is 1. The zero-order valence-electron chi connectivity index (χ0n) is 18.5. The van der Waals surface area contributed by atoms with E-state index in [-0.39, 0.29) is 17.2 Å². The zero-order valence-corrected chi connectivity index (χ0v) is 18.5. The van der Waals surface area contributed by atoms with Crippen molar-refractivity contribution in [3.05, 3.63) is 58.4 Å². The van der Waals surface area contributed by atoms with Crippen molar-refractivity contribution in [2.24, 2.45) is 5.41 Å². The minimum atomic E-state index is -0.512. The number of hydrogen-bond acceptors (Lipinski definition) is 6. The van der Waals surface area contributed by atoms with Crippen LogP contribution in [0.15, 0.2) is 56.1 Å². The van der Waals surface area contributed by atoms with Crippen molar-refractivity contribution in [3.8, 4) is 11.5 Å². The molecule has 0 aliphatic carbocycles. The Hall–Kier alpha value is -3.41. The first kappa shape index (κ1) is 20.8. The summed E-state index contributed by atoms with van der Waals surface area (Å²) in [5, 5.41) is 0.788. The highest BCUT2D eigenvalue weighted by Gasteiger charge is 2.24. The largest absolute Gasteiger partial charge is 0.436 e. The van der Waals surface area contributed by atoms with Crippen LogP contribution in [-0.4, -0.2) is 23.9 Å². The molecule has 0 aliphatic heterocycles. The first-order valence-electron chi connectivity index (χ1n) is 10.5. The monoisotopic (exact) mass is 418 g/mol. The van der Waals surface area contributed by atoms with Crippen LogP contribution in [-0.2, 0) is 0 Å². The second-order valence-corrected chi connectivity index (χ2v) is 8.62. The molecule has 0 amide bonds. The Kier molecular flexibility index (Phi) is 5.17. The van der Waals surface area contributed by atoms with Crippen LogP contribution in [0.1, 0.15) is 45.0 Å². The van der Waals surface area contributed by atoms with Crippen LogP contribution in [0.5, 0.6) is 0 Å². The van der Waals surface area contributed by atoms with Crippen molar-refractivity contribution < 1.29 is 13.6 Å². The topological polar surface area (TPSA) is 76.6 Å². The average molecular weight is 418 g/mol. The summed E-state index contributed by atoms with van der Waals surface area (Å²) in [5.41, 5.74) is 2.37. The van der Waals surface area contributed by atoms with Crippen LogP contribution >= 0.6 is 0 Å². The number of ketones is 1. The second-order valence-electron chi connectivity index (χ2n) is 8.62. The van der Waals surface area contributed by atoms with E-state index < -0.39 is 11.0 Å². The highest BCUT2D eigenvalue weighted by atomic mass is 16.4. The number of Topliss-reactive ketones (excluding diaryl/α,β-unsaturated/α-hetero) is 1. The third-order valence-corrected chi connectivity index (χ3v) is 5.41. The average Bonchev–Trinajstić information content (AvgIpc) is 3.15. The molecule has 0 radical (unpaired) electrons. The van der Waals surface area contributed by atoms with Gasteiger partial charge < -0.3 is 13.7 Å². The van der Waals surface area contributed by atoms with Gasteiger partial charge in [-0.1, -0.05) is 20.8 Å². The van der Waals surface area contributed by atoms with E-state index in [0.717, 1.165) is 24.2 Å². The summed E-state index contributed by atoms with van der Waals surface area (Å²) >= 11 is 0. The molecule has 2 aromatic heterocycles. The van der Waals surface area contributed by atoms with Gasteiger partial charge >= 0.3 is 5.63 Å². The summed E-state index contributed by atoms with van der Waals surface area (Å²) < 4.78 is 11.4. The van der Waals surface area contributed by atoms with E-state index in [4.69, 9.17) is 8.83 Å². The molecule has 0 spiro atoms. The van der Waals surface area contributed by atoms with Gasteiger partial charge in [0.05, 0.1) is 0 Å². The van der Waals surface area contributed by atoms with Gasteiger partial charge in [0.15, 0.2) is 11.4 Å². The number of aromatic nitrogens is 1. The molecule has 0 bridgehead atoms. The lowest BCUT2D eigenvalue weighted by Gasteiger charge is -2.20. The zero-order chi connectivity index (χ0) is 22.3. The van der Waals surface area contributed by atoms with Gasteiger partial charge in [-0.2, -0.15) is 0 Å². The first-order chi connectivity index (χ1) is 14.7. The molecule has 4 aromatic rings. The Morgan fingerprint density at radius 3 is 2.39 bits per heavy atom. The van der Waals surface area contributed by atoms with E-state index in [9.17, 15) is 9.59 Å². The Morgan fingerprint density at radius 1 is 0.968 bits per heavy atom. The summed E-state index contributed by atoms with van der Waals surface area (Å²) in [6.45, 7) is 11.5. The lowest BCUT2D eigenvalue weighted by molar-refractivity contribution is 0.0858. The Labute approximate surface area is 180 Å².